The number of carbonyl (C=O) groups is 2. The molecule has 10 heteroatoms. The van der Waals surface area contributed by atoms with Gasteiger partial charge in [0, 0.05) is 16.3 Å². The normalized spacial score (nSPS) is 11.6. The minimum atomic E-state index is -3.72. The van der Waals surface area contributed by atoms with E-state index in [4.69, 9.17) is 11.6 Å². The fourth-order valence-electron chi connectivity index (χ4n) is 3.00. The molecule has 176 valence electrons. The molecule has 0 aliphatic rings. The van der Waals surface area contributed by atoms with Crippen molar-refractivity contribution in [2.45, 2.75) is 6.92 Å². The molecule has 0 saturated heterocycles. The summed E-state index contributed by atoms with van der Waals surface area (Å²) >= 11 is 5.95. The van der Waals surface area contributed by atoms with Crippen LogP contribution in [0.4, 0.5) is 11.4 Å². The molecule has 0 unspecified atom stereocenters. The van der Waals surface area contributed by atoms with Crippen LogP contribution in [0.1, 0.15) is 22.8 Å². The van der Waals surface area contributed by atoms with Crippen LogP contribution in [-0.2, 0) is 14.8 Å². The number of rotatable bonds is 8. The standard InChI is InChI=1S/C24H23ClN4O4S/c1-17(18-11-13-21(14-12-18)26-24(31)19-7-4-3-5-8-19)27-28-23(30)16-29(34(2,32)33)22-10-6-9-20(25)15-22/h3-15H,16H2,1-2H3,(H,26,31)(H,28,30)/b27-17+. The number of hydrogen-bond donors (Lipinski definition) is 2. The highest BCUT2D eigenvalue weighted by atomic mass is 35.5. The van der Waals surface area contributed by atoms with Crippen LogP contribution in [0.15, 0.2) is 84.0 Å². The number of nitrogens with zero attached hydrogens (tertiary/aromatic N) is 2. The van der Waals surface area contributed by atoms with Gasteiger partial charge in [0.2, 0.25) is 10.0 Å². The van der Waals surface area contributed by atoms with E-state index in [2.05, 4.69) is 15.8 Å². The molecular formula is C24H23ClN4O4S. The van der Waals surface area contributed by atoms with Gasteiger partial charge in [0.25, 0.3) is 11.8 Å². The molecule has 3 aromatic rings. The molecule has 34 heavy (non-hydrogen) atoms. The Labute approximate surface area is 203 Å². The summed E-state index contributed by atoms with van der Waals surface area (Å²) in [7, 11) is -3.72. The zero-order valence-corrected chi connectivity index (χ0v) is 20.1. The number of sulfonamides is 1. The van der Waals surface area contributed by atoms with Crippen molar-refractivity contribution in [2.24, 2.45) is 5.10 Å². The Balaban J connectivity index is 1.63. The van der Waals surface area contributed by atoms with Gasteiger partial charge in [-0.3, -0.25) is 13.9 Å². The van der Waals surface area contributed by atoms with Gasteiger partial charge < -0.3 is 5.32 Å². The molecule has 0 fully saturated rings. The highest BCUT2D eigenvalue weighted by Crippen LogP contribution is 2.21. The number of carbonyl (C=O) groups excluding carboxylic acids is 2. The van der Waals surface area contributed by atoms with Crippen LogP contribution in [0, 0.1) is 0 Å². The molecule has 8 nitrogen and oxygen atoms in total. The molecule has 2 amide bonds. The fraction of sp³-hybridized carbons (Fsp3) is 0.125. The van der Waals surface area contributed by atoms with Gasteiger partial charge in [0.15, 0.2) is 0 Å². The van der Waals surface area contributed by atoms with Crippen LogP contribution in [0.5, 0.6) is 0 Å². The predicted molar refractivity (Wildman–Crippen MR) is 135 cm³/mol. The first-order valence-electron chi connectivity index (χ1n) is 10.2. The minimum absolute atomic E-state index is 0.221. The Kier molecular flexibility index (Phi) is 8.04. The molecule has 0 atom stereocenters. The third-order valence-corrected chi connectivity index (χ3v) is 6.10. The lowest BCUT2D eigenvalue weighted by atomic mass is 10.1. The highest BCUT2D eigenvalue weighted by Gasteiger charge is 2.21. The summed E-state index contributed by atoms with van der Waals surface area (Å²) in [4.78, 5) is 24.7. The van der Waals surface area contributed by atoms with Crippen LogP contribution in [0.3, 0.4) is 0 Å². The van der Waals surface area contributed by atoms with Crippen molar-refractivity contribution < 1.29 is 18.0 Å². The van der Waals surface area contributed by atoms with E-state index in [1.54, 1.807) is 73.7 Å². The lowest BCUT2D eigenvalue weighted by molar-refractivity contribution is -0.119. The maximum atomic E-state index is 12.4. The number of anilines is 2. The van der Waals surface area contributed by atoms with Crippen LogP contribution in [0.2, 0.25) is 5.02 Å². The third-order valence-electron chi connectivity index (χ3n) is 4.73. The van der Waals surface area contributed by atoms with Gasteiger partial charge in [0.05, 0.1) is 17.7 Å². The van der Waals surface area contributed by atoms with E-state index >= 15 is 0 Å². The van der Waals surface area contributed by atoms with Crippen molar-refractivity contribution in [3.8, 4) is 0 Å². The molecule has 0 heterocycles. The molecule has 2 N–H and O–H groups in total. The number of halogens is 1. The molecule has 0 aliphatic carbocycles. The van der Waals surface area contributed by atoms with E-state index in [1.165, 1.54) is 6.07 Å². The van der Waals surface area contributed by atoms with E-state index in [0.29, 0.717) is 27.5 Å². The van der Waals surface area contributed by atoms with Crippen molar-refractivity contribution in [1.29, 1.82) is 0 Å². The Morgan fingerprint density at radius 1 is 0.941 bits per heavy atom. The smallest absolute Gasteiger partial charge is 0.260 e. The lowest BCUT2D eigenvalue weighted by Gasteiger charge is -2.21. The summed E-state index contributed by atoms with van der Waals surface area (Å²) < 4.78 is 25.3. The maximum absolute atomic E-state index is 12.4. The van der Waals surface area contributed by atoms with Crippen LogP contribution in [0.25, 0.3) is 0 Å². The van der Waals surface area contributed by atoms with Gasteiger partial charge in [-0.05, 0) is 55.0 Å². The Bertz CT molecular complexity index is 1310. The first-order valence-corrected chi connectivity index (χ1v) is 12.4. The average Bonchev–Trinajstić information content (AvgIpc) is 2.81. The van der Waals surface area contributed by atoms with E-state index in [-0.39, 0.29) is 11.6 Å². The van der Waals surface area contributed by atoms with Gasteiger partial charge >= 0.3 is 0 Å². The topological polar surface area (TPSA) is 108 Å². The first-order chi connectivity index (χ1) is 16.1. The average molecular weight is 499 g/mol. The zero-order valence-electron chi connectivity index (χ0n) is 18.5. The number of amides is 2. The zero-order chi connectivity index (χ0) is 24.7. The molecule has 0 aromatic heterocycles. The summed E-state index contributed by atoms with van der Waals surface area (Å²) in [6, 6.07) is 22.0. The molecule has 3 aromatic carbocycles. The summed E-state index contributed by atoms with van der Waals surface area (Å²) in [6.07, 6.45) is 1.01. The number of hydrogen-bond acceptors (Lipinski definition) is 5. The van der Waals surface area contributed by atoms with Crippen molar-refractivity contribution >= 4 is 50.5 Å². The van der Waals surface area contributed by atoms with E-state index < -0.39 is 22.5 Å². The minimum Gasteiger partial charge on any atom is -0.322 e. The van der Waals surface area contributed by atoms with Crippen LogP contribution < -0.4 is 15.0 Å². The summed E-state index contributed by atoms with van der Waals surface area (Å²) in [5.41, 5.74) is 5.03. The molecule has 0 spiro atoms. The van der Waals surface area contributed by atoms with Crippen molar-refractivity contribution in [1.82, 2.24) is 5.43 Å². The van der Waals surface area contributed by atoms with Crippen LogP contribution in [-0.4, -0.2) is 38.7 Å². The van der Waals surface area contributed by atoms with E-state index in [1.807, 2.05) is 6.07 Å². The fourth-order valence-corrected chi connectivity index (χ4v) is 4.03. The van der Waals surface area contributed by atoms with E-state index in [9.17, 15) is 18.0 Å². The largest absolute Gasteiger partial charge is 0.322 e. The molecule has 3 rings (SSSR count). The monoisotopic (exact) mass is 498 g/mol. The van der Waals surface area contributed by atoms with Gasteiger partial charge in [-0.2, -0.15) is 5.10 Å². The highest BCUT2D eigenvalue weighted by molar-refractivity contribution is 7.92. The Morgan fingerprint density at radius 3 is 2.24 bits per heavy atom. The quantitative estimate of drug-likeness (QED) is 0.362. The number of benzene rings is 3. The van der Waals surface area contributed by atoms with Crippen molar-refractivity contribution in [2.75, 3.05) is 22.4 Å². The second kappa shape index (κ2) is 11.0. The first kappa shape index (κ1) is 24.9. The van der Waals surface area contributed by atoms with E-state index in [0.717, 1.165) is 10.6 Å². The summed E-state index contributed by atoms with van der Waals surface area (Å²) in [5.74, 6) is -0.836. The van der Waals surface area contributed by atoms with Gasteiger partial charge in [0.1, 0.15) is 6.54 Å². The molecule has 0 bridgehead atoms. The summed E-state index contributed by atoms with van der Waals surface area (Å²) in [5, 5.41) is 7.22. The second-order valence-electron chi connectivity index (χ2n) is 7.38. The Morgan fingerprint density at radius 2 is 1.62 bits per heavy atom. The molecule has 0 saturated carbocycles. The Hall–Kier alpha value is -3.69. The third kappa shape index (κ3) is 6.90. The molecular weight excluding hydrogens is 476 g/mol. The molecule has 0 aliphatic heterocycles. The van der Waals surface area contributed by atoms with Gasteiger partial charge in [-0.15, -0.1) is 0 Å². The maximum Gasteiger partial charge on any atom is 0.260 e. The molecule has 0 radical (unpaired) electrons. The SMILES string of the molecule is C/C(=N\NC(=O)CN(c1cccc(Cl)c1)S(C)(=O)=O)c1ccc(NC(=O)c2ccccc2)cc1. The second-order valence-corrected chi connectivity index (χ2v) is 9.72. The number of hydrazone groups is 1. The van der Waals surface area contributed by atoms with Crippen molar-refractivity contribution in [3.05, 3.63) is 95.0 Å². The van der Waals surface area contributed by atoms with Crippen LogP contribution >= 0.6 is 11.6 Å². The van der Waals surface area contributed by atoms with Gasteiger partial charge in [-0.1, -0.05) is 48.0 Å². The number of nitrogens with one attached hydrogen (secondary N) is 2. The summed E-state index contributed by atoms with van der Waals surface area (Å²) in [6.45, 7) is 1.24. The van der Waals surface area contributed by atoms with Gasteiger partial charge in [-0.25, -0.2) is 13.8 Å². The predicted octanol–water partition coefficient (Wildman–Crippen LogP) is 3.90. The van der Waals surface area contributed by atoms with Crippen molar-refractivity contribution in [3.63, 3.8) is 0 Å². The lowest BCUT2D eigenvalue weighted by Crippen LogP contribution is -2.39.